The quantitative estimate of drug-likeness (QED) is 0.815. The largest absolute Gasteiger partial charge is 0.368 e. The third kappa shape index (κ3) is 2.06. The Bertz CT molecular complexity index is 446. The topological polar surface area (TPSA) is 60.9 Å². The number of H-pyrrole nitrogens is 1. The Balaban J connectivity index is 1.65. The highest BCUT2D eigenvalue weighted by atomic mass is 15.5. The minimum atomic E-state index is 0.692. The van der Waals surface area contributed by atoms with Crippen molar-refractivity contribution in [2.45, 2.75) is 0 Å². The molecular formula is C11H14N6. The lowest BCUT2D eigenvalue weighted by Crippen LogP contribution is -2.47. The predicted octanol–water partition coefficient (Wildman–Crippen LogP) is 0.526. The molecule has 88 valence electrons. The molecule has 1 saturated heterocycles. The molecule has 1 aromatic carbocycles. The monoisotopic (exact) mass is 230 g/mol. The summed E-state index contributed by atoms with van der Waals surface area (Å²) >= 11 is 0. The Labute approximate surface area is 99.2 Å². The highest BCUT2D eigenvalue weighted by molar-refractivity contribution is 5.47. The number of hydrogen-bond donors (Lipinski definition) is 1. The molecule has 1 N–H and O–H groups in total. The van der Waals surface area contributed by atoms with Gasteiger partial charge in [-0.2, -0.15) is 5.21 Å². The van der Waals surface area contributed by atoms with Gasteiger partial charge in [-0.3, -0.25) is 0 Å². The van der Waals surface area contributed by atoms with E-state index >= 15 is 0 Å². The van der Waals surface area contributed by atoms with Crippen molar-refractivity contribution in [3.63, 3.8) is 0 Å². The minimum absolute atomic E-state index is 0.692. The third-order valence-electron chi connectivity index (χ3n) is 3.02. The van der Waals surface area contributed by atoms with Crippen LogP contribution in [0.4, 0.5) is 11.6 Å². The standard InChI is InChI=1S/C11H14N6/c1-2-4-10(5-3-1)16-6-8-17(9-7-16)11-12-14-15-13-11/h1-5H,6-9H2,(H,12,13,14,15). The minimum Gasteiger partial charge on any atom is -0.368 e. The summed E-state index contributed by atoms with van der Waals surface area (Å²) in [6.07, 6.45) is 0. The number of piperazine rings is 1. The van der Waals surface area contributed by atoms with E-state index in [1.54, 1.807) is 0 Å². The lowest BCUT2D eigenvalue weighted by molar-refractivity contribution is 0.640. The van der Waals surface area contributed by atoms with Gasteiger partial charge in [0.1, 0.15) is 0 Å². The van der Waals surface area contributed by atoms with Crippen LogP contribution in [0.25, 0.3) is 0 Å². The van der Waals surface area contributed by atoms with E-state index in [0.717, 1.165) is 26.2 Å². The maximum Gasteiger partial charge on any atom is 0.265 e. The first kappa shape index (κ1) is 10.1. The zero-order valence-corrected chi connectivity index (χ0v) is 9.45. The maximum absolute atomic E-state index is 4.00. The number of nitrogens with one attached hydrogen (secondary N) is 1. The second-order valence-corrected chi connectivity index (χ2v) is 4.02. The first-order valence-electron chi connectivity index (χ1n) is 5.72. The number of anilines is 2. The number of aromatic nitrogens is 4. The highest BCUT2D eigenvalue weighted by Crippen LogP contribution is 2.16. The fraction of sp³-hybridized carbons (Fsp3) is 0.364. The molecule has 0 saturated carbocycles. The Kier molecular flexibility index (Phi) is 2.61. The van der Waals surface area contributed by atoms with Crippen LogP contribution in [0.15, 0.2) is 30.3 Å². The molecule has 6 nitrogen and oxygen atoms in total. The van der Waals surface area contributed by atoms with Gasteiger partial charge in [0.05, 0.1) is 0 Å². The van der Waals surface area contributed by atoms with Crippen molar-refractivity contribution >= 4 is 11.6 Å². The Morgan fingerprint density at radius 1 is 0.941 bits per heavy atom. The van der Waals surface area contributed by atoms with Crippen molar-refractivity contribution < 1.29 is 0 Å². The predicted molar refractivity (Wildman–Crippen MR) is 65.0 cm³/mol. The van der Waals surface area contributed by atoms with E-state index in [-0.39, 0.29) is 0 Å². The second-order valence-electron chi connectivity index (χ2n) is 4.02. The number of para-hydroxylation sites is 1. The highest BCUT2D eigenvalue weighted by Gasteiger charge is 2.19. The molecule has 1 fully saturated rings. The van der Waals surface area contributed by atoms with Crippen LogP contribution in [0.1, 0.15) is 0 Å². The van der Waals surface area contributed by atoms with Crippen LogP contribution in [0.5, 0.6) is 0 Å². The van der Waals surface area contributed by atoms with Gasteiger partial charge in [-0.05, 0) is 17.3 Å². The van der Waals surface area contributed by atoms with Crippen LogP contribution in [0.2, 0.25) is 0 Å². The number of benzene rings is 1. The van der Waals surface area contributed by atoms with Gasteiger partial charge in [0.15, 0.2) is 0 Å². The van der Waals surface area contributed by atoms with Crippen molar-refractivity contribution in [3.8, 4) is 0 Å². The summed E-state index contributed by atoms with van der Waals surface area (Å²) < 4.78 is 0. The van der Waals surface area contributed by atoms with Gasteiger partial charge in [0.2, 0.25) is 0 Å². The fourth-order valence-electron chi connectivity index (χ4n) is 2.09. The SMILES string of the molecule is c1ccc(N2CCN(c3nn[nH]n3)CC2)cc1. The van der Waals surface area contributed by atoms with E-state index < -0.39 is 0 Å². The van der Waals surface area contributed by atoms with E-state index in [9.17, 15) is 0 Å². The van der Waals surface area contributed by atoms with Gasteiger partial charge in [0.25, 0.3) is 5.95 Å². The van der Waals surface area contributed by atoms with Crippen molar-refractivity contribution in [1.29, 1.82) is 0 Å². The molecule has 17 heavy (non-hydrogen) atoms. The normalized spacial score (nSPS) is 16.2. The Morgan fingerprint density at radius 3 is 2.29 bits per heavy atom. The molecule has 1 aliphatic heterocycles. The zero-order chi connectivity index (χ0) is 11.5. The van der Waals surface area contributed by atoms with E-state index in [0.29, 0.717) is 5.95 Å². The van der Waals surface area contributed by atoms with Crippen LogP contribution < -0.4 is 9.80 Å². The molecule has 1 aromatic heterocycles. The number of aromatic amines is 1. The lowest BCUT2D eigenvalue weighted by Gasteiger charge is -2.35. The van der Waals surface area contributed by atoms with Crippen molar-refractivity contribution in [2.75, 3.05) is 36.0 Å². The van der Waals surface area contributed by atoms with Gasteiger partial charge in [-0.15, -0.1) is 5.10 Å². The van der Waals surface area contributed by atoms with Crippen molar-refractivity contribution in [1.82, 2.24) is 20.6 Å². The smallest absolute Gasteiger partial charge is 0.265 e. The molecular weight excluding hydrogens is 216 g/mol. The maximum atomic E-state index is 4.00. The molecule has 0 spiro atoms. The van der Waals surface area contributed by atoms with Gasteiger partial charge in [-0.1, -0.05) is 23.3 Å². The summed E-state index contributed by atoms with van der Waals surface area (Å²) in [5.74, 6) is 0.692. The second kappa shape index (κ2) is 4.40. The van der Waals surface area contributed by atoms with Gasteiger partial charge < -0.3 is 9.80 Å². The van der Waals surface area contributed by atoms with Crippen LogP contribution in [-0.4, -0.2) is 46.8 Å². The van der Waals surface area contributed by atoms with E-state index in [4.69, 9.17) is 0 Å². The molecule has 6 heteroatoms. The summed E-state index contributed by atoms with van der Waals surface area (Å²) in [5.41, 5.74) is 1.28. The van der Waals surface area contributed by atoms with Crippen LogP contribution in [0, 0.1) is 0 Å². The summed E-state index contributed by atoms with van der Waals surface area (Å²) in [6.45, 7) is 3.82. The van der Waals surface area contributed by atoms with E-state index in [1.807, 2.05) is 6.07 Å². The van der Waals surface area contributed by atoms with Crippen molar-refractivity contribution in [2.24, 2.45) is 0 Å². The molecule has 1 aliphatic rings. The zero-order valence-electron chi connectivity index (χ0n) is 9.45. The molecule has 0 unspecified atom stereocenters. The summed E-state index contributed by atoms with van der Waals surface area (Å²) in [7, 11) is 0. The molecule has 0 amide bonds. The number of nitrogens with zero attached hydrogens (tertiary/aromatic N) is 5. The van der Waals surface area contributed by atoms with Crippen LogP contribution in [-0.2, 0) is 0 Å². The van der Waals surface area contributed by atoms with Gasteiger partial charge in [-0.25, -0.2) is 0 Å². The molecule has 2 heterocycles. The first-order chi connectivity index (χ1) is 8.43. The van der Waals surface area contributed by atoms with Gasteiger partial charge in [0, 0.05) is 31.9 Å². The fourth-order valence-corrected chi connectivity index (χ4v) is 2.09. The first-order valence-corrected chi connectivity index (χ1v) is 5.72. The Morgan fingerprint density at radius 2 is 1.65 bits per heavy atom. The average Bonchev–Trinajstić information content (AvgIpc) is 2.94. The van der Waals surface area contributed by atoms with Crippen LogP contribution in [0.3, 0.4) is 0 Å². The number of tetrazole rings is 1. The van der Waals surface area contributed by atoms with Gasteiger partial charge >= 0.3 is 0 Å². The molecule has 0 bridgehead atoms. The molecule has 3 rings (SSSR count). The lowest BCUT2D eigenvalue weighted by atomic mass is 10.2. The summed E-state index contributed by atoms with van der Waals surface area (Å²) in [6, 6.07) is 10.5. The van der Waals surface area contributed by atoms with Crippen molar-refractivity contribution in [3.05, 3.63) is 30.3 Å². The van der Waals surface area contributed by atoms with E-state index in [1.165, 1.54) is 5.69 Å². The number of hydrogen-bond acceptors (Lipinski definition) is 5. The Hall–Kier alpha value is -2.11. The summed E-state index contributed by atoms with van der Waals surface area (Å²) in [5, 5.41) is 14.1. The van der Waals surface area contributed by atoms with Crippen LogP contribution >= 0.6 is 0 Å². The summed E-state index contributed by atoms with van der Waals surface area (Å²) in [4.78, 5) is 4.51. The number of rotatable bonds is 2. The molecule has 0 atom stereocenters. The molecule has 0 aliphatic carbocycles. The molecule has 0 radical (unpaired) electrons. The van der Waals surface area contributed by atoms with E-state index in [2.05, 4.69) is 54.7 Å². The third-order valence-corrected chi connectivity index (χ3v) is 3.02. The molecule has 2 aromatic rings. The average molecular weight is 230 g/mol.